The zero-order valence-electron chi connectivity index (χ0n) is 12.7. The van der Waals surface area contributed by atoms with E-state index in [0.717, 1.165) is 29.4 Å². The molecule has 0 saturated heterocycles. The van der Waals surface area contributed by atoms with Gasteiger partial charge in [-0.3, -0.25) is 9.89 Å². The second-order valence-electron chi connectivity index (χ2n) is 6.08. The van der Waals surface area contributed by atoms with Gasteiger partial charge in [0.15, 0.2) is 0 Å². The number of amides is 1. The normalized spacial score (nSPS) is 15.8. The SMILES string of the molecule is O=C(Nc1ccc2[nH]ncc2c1)c1cc(C2CCCCC2)no1. The van der Waals surface area contributed by atoms with Gasteiger partial charge in [0.2, 0.25) is 5.76 Å². The lowest BCUT2D eigenvalue weighted by Crippen LogP contribution is -2.11. The third-order valence-electron chi connectivity index (χ3n) is 4.47. The molecule has 2 aromatic heterocycles. The first-order chi connectivity index (χ1) is 11.3. The highest BCUT2D eigenvalue weighted by molar-refractivity contribution is 6.03. The zero-order chi connectivity index (χ0) is 15.6. The van der Waals surface area contributed by atoms with Crippen LogP contribution in [0.5, 0.6) is 0 Å². The van der Waals surface area contributed by atoms with Gasteiger partial charge in [-0.1, -0.05) is 24.4 Å². The first-order valence-corrected chi connectivity index (χ1v) is 8.01. The van der Waals surface area contributed by atoms with Crippen LogP contribution in [0.2, 0.25) is 0 Å². The van der Waals surface area contributed by atoms with Crippen LogP contribution in [0, 0.1) is 0 Å². The zero-order valence-corrected chi connectivity index (χ0v) is 12.7. The fourth-order valence-electron chi connectivity index (χ4n) is 3.20. The number of H-pyrrole nitrogens is 1. The summed E-state index contributed by atoms with van der Waals surface area (Å²) in [6.45, 7) is 0. The molecule has 118 valence electrons. The fourth-order valence-corrected chi connectivity index (χ4v) is 3.20. The second kappa shape index (κ2) is 5.87. The second-order valence-corrected chi connectivity index (χ2v) is 6.08. The summed E-state index contributed by atoms with van der Waals surface area (Å²) in [6.07, 6.45) is 7.72. The summed E-state index contributed by atoms with van der Waals surface area (Å²) >= 11 is 0. The van der Waals surface area contributed by atoms with Gasteiger partial charge in [0.1, 0.15) is 0 Å². The van der Waals surface area contributed by atoms with E-state index in [2.05, 4.69) is 20.7 Å². The van der Waals surface area contributed by atoms with Crippen molar-refractivity contribution in [3.8, 4) is 0 Å². The lowest BCUT2D eigenvalue weighted by molar-refractivity contribution is 0.0987. The largest absolute Gasteiger partial charge is 0.351 e. The lowest BCUT2D eigenvalue weighted by atomic mass is 9.87. The van der Waals surface area contributed by atoms with Crippen molar-refractivity contribution >= 4 is 22.5 Å². The predicted octanol–water partition coefficient (Wildman–Crippen LogP) is 3.85. The number of rotatable bonds is 3. The molecule has 1 aromatic carbocycles. The van der Waals surface area contributed by atoms with Crippen molar-refractivity contribution in [1.82, 2.24) is 15.4 Å². The number of carbonyl (C=O) groups is 1. The molecule has 0 atom stereocenters. The molecule has 0 radical (unpaired) electrons. The van der Waals surface area contributed by atoms with Crippen LogP contribution in [0.15, 0.2) is 35.0 Å². The maximum absolute atomic E-state index is 12.3. The minimum absolute atomic E-state index is 0.262. The van der Waals surface area contributed by atoms with E-state index in [4.69, 9.17) is 4.52 Å². The van der Waals surface area contributed by atoms with Crippen LogP contribution < -0.4 is 5.32 Å². The molecule has 0 bridgehead atoms. The summed E-state index contributed by atoms with van der Waals surface area (Å²) < 4.78 is 5.24. The van der Waals surface area contributed by atoms with Gasteiger partial charge in [-0.25, -0.2) is 0 Å². The van der Waals surface area contributed by atoms with Gasteiger partial charge in [0, 0.05) is 23.1 Å². The summed E-state index contributed by atoms with van der Waals surface area (Å²) in [5, 5.41) is 14.7. The molecule has 6 heteroatoms. The van der Waals surface area contributed by atoms with Crippen LogP contribution in [0.3, 0.4) is 0 Å². The molecular formula is C17H18N4O2. The van der Waals surface area contributed by atoms with Crippen molar-refractivity contribution in [2.75, 3.05) is 5.32 Å². The van der Waals surface area contributed by atoms with Gasteiger partial charge < -0.3 is 9.84 Å². The lowest BCUT2D eigenvalue weighted by Gasteiger charge is -2.18. The van der Waals surface area contributed by atoms with Crippen molar-refractivity contribution in [1.29, 1.82) is 0 Å². The number of anilines is 1. The van der Waals surface area contributed by atoms with Crippen LogP contribution in [-0.4, -0.2) is 21.3 Å². The van der Waals surface area contributed by atoms with Crippen LogP contribution in [0.4, 0.5) is 5.69 Å². The molecule has 2 heterocycles. The Morgan fingerprint density at radius 1 is 1.22 bits per heavy atom. The molecule has 0 unspecified atom stereocenters. The monoisotopic (exact) mass is 310 g/mol. The highest BCUT2D eigenvalue weighted by Gasteiger charge is 2.21. The van der Waals surface area contributed by atoms with Crippen molar-refractivity contribution < 1.29 is 9.32 Å². The number of hydrogen-bond acceptors (Lipinski definition) is 4. The number of aromatic nitrogens is 3. The molecule has 0 spiro atoms. The molecule has 6 nitrogen and oxygen atoms in total. The molecule has 1 aliphatic carbocycles. The van der Waals surface area contributed by atoms with E-state index >= 15 is 0 Å². The fraction of sp³-hybridized carbons (Fsp3) is 0.353. The van der Waals surface area contributed by atoms with Gasteiger partial charge in [-0.2, -0.15) is 5.10 Å². The van der Waals surface area contributed by atoms with E-state index < -0.39 is 0 Å². The molecule has 0 aliphatic heterocycles. The van der Waals surface area contributed by atoms with E-state index in [-0.39, 0.29) is 11.7 Å². The van der Waals surface area contributed by atoms with Gasteiger partial charge in [-0.05, 0) is 31.0 Å². The van der Waals surface area contributed by atoms with Crippen LogP contribution >= 0.6 is 0 Å². The van der Waals surface area contributed by atoms with E-state index in [1.165, 1.54) is 19.3 Å². The smallest absolute Gasteiger partial charge is 0.294 e. The Balaban J connectivity index is 1.49. The molecule has 3 aromatic rings. The number of fused-ring (bicyclic) bond motifs is 1. The molecular weight excluding hydrogens is 292 g/mol. The van der Waals surface area contributed by atoms with Crippen molar-refractivity contribution in [3.63, 3.8) is 0 Å². The van der Waals surface area contributed by atoms with Gasteiger partial charge in [-0.15, -0.1) is 0 Å². The van der Waals surface area contributed by atoms with Crippen LogP contribution in [-0.2, 0) is 0 Å². The number of hydrogen-bond donors (Lipinski definition) is 2. The van der Waals surface area contributed by atoms with Gasteiger partial charge in [0.25, 0.3) is 5.91 Å². The van der Waals surface area contributed by atoms with Gasteiger partial charge in [0.05, 0.1) is 17.4 Å². The first kappa shape index (κ1) is 14.0. The van der Waals surface area contributed by atoms with E-state index in [1.54, 1.807) is 12.3 Å². The number of nitrogens with one attached hydrogen (secondary N) is 2. The predicted molar refractivity (Wildman–Crippen MR) is 86.4 cm³/mol. The Bertz CT molecular complexity index is 830. The maximum atomic E-state index is 12.3. The molecule has 1 amide bonds. The first-order valence-electron chi connectivity index (χ1n) is 8.01. The average molecular weight is 310 g/mol. The Morgan fingerprint density at radius 2 is 2.09 bits per heavy atom. The number of nitrogens with zero attached hydrogens (tertiary/aromatic N) is 2. The Morgan fingerprint density at radius 3 is 2.96 bits per heavy atom. The average Bonchev–Trinajstić information content (AvgIpc) is 3.24. The minimum atomic E-state index is -0.276. The molecule has 2 N–H and O–H groups in total. The highest BCUT2D eigenvalue weighted by atomic mass is 16.5. The minimum Gasteiger partial charge on any atom is -0.351 e. The topological polar surface area (TPSA) is 83.8 Å². The summed E-state index contributed by atoms with van der Waals surface area (Å²) in [7, 11) is 0. The molecule has 4 rings (SSSR count). The third-order valence-corrected chi connectivity index (χ3v) is 4.47. The van der Waals surface area contributed by atoms with Crippen molar-refractivity contribution in [3.05, 3.63) is 41.9 Å². The standard InChI is InChI=1S/C17H18N4O2/c22-17(19-13-6-7-14-12(8-13)10-18-20-14)16-9-15(21-23-16)11-4-2-1-3-5-11/h6-11H,1-5H2,(H,18,20)(H,19,22). The van der Waals surface area contributed by atoms with Crippen LogP contribution in [0.25, 0.3) is 10.9 Å². The summed E-state index contributed by atoms with van der Waals surface area (Å²) in [5.41, 5.74) is 2.54. The van der Waals surface area contributed by atoms with Crippen molar-refractivity contribution in [2.45, 2.75) is 38.0 Å². The number of benzene rings is 1. The molecule has 1 aliphatic rings. The number of aromatic amines is 1. The quantitative estimate of drug-likeness (QED) is 0.769. The number of carbonyl (C=O) groups excluding carboxylic acids is 1. The Labute approximate surface area is 133 Å². The highest BCUT2D eigenvalue weighted by Crippen LogP contribution is 2.32. The molecule has 1 saturated carbocycles. The van der Waals surface area contributed by atoms with E-state index in [9.17, 15) is 4.79 Å². The maximum Gasteiger partial charge on any atom is 0.294 e. The summed E-state index contributed by atoms with van der Waals surface area (Å²) in [5.74, 6) is 0.414. The van der Waals surface area contributed by atoms with Gasteiger partial charge >= 0.3 is 0 Å². The van der Waals surface area contributed by atoms with Crippen LogP contribution in [0.1, 0.15) is 54.3 Å². The Kier molecular flexibility index (Phi) is 3.57. The Hall–Kier alpha value is -2.63. The summed E-state index contributed by atoms with van der Waals surface area (Å²) in [4.78, 5) is 12.3. The summed E-state index contributed by atoms with van der Waals surface area (Å²) in [6, 6.07) is 7.36. The third kappa shape index (κ3) is 2.84. The van der Waals surface area contributed by atoms with E-state index in [1.807, 2.05) is 18.2 Å². The van der Waals surface area contributed by atoms with E-state index in [0.29, 0.717) is 11.6 Å². The molecule has 23 heavy (non-hydrogen) atoms. The molecule has 1 fully saturated rings. The van der Waals surface area contributed by atoms with Crippen molar-refractivity contribution in [2.24, 2.45) is 0 Å².